The average Bonchev–Trinajstić information content (AvgIpc) is 3.22. The maximum absolute atomic E-state index is 11.5. The number of rotatable bonds is 18. The summed E-state index contributed by atoms with van der Waals surface area (Å²) in [6.07, 6.45) is 3.72. The molecule has 1 rings (SSSR count). The number of methoxy groups -OCH3 is 1. The van der Waals surface area contributed by atoms with E-state index >= 15 is 0 Å². The summed E-state index contributed by atoms with van der Waals surface area (Å²) in [5, 5.41) is 78.9. The number of hydroxylamine groups is 1. The quantitative estimate of drug-likeness (QED) is 0.00747. The van der Waals surface area contributed by atoms with Crippen LogP contribution in [0.5, 0.6) is 0 Å². The van der Waals surface area contributed by atoms with Crippen molar-refractivity contribution in [3.63, 3.8) is 0 Å². The Labute approximate surface area is 488 Å². The Kier molecular flexibility index (Phi) is 266. The van der Waals surface area contributed by atoms with Crippen molar-refractivity contribution in [2.75, 3.05) is 79.9 Å². The number of carboxylic acid groups (broad SMARTS) is 1. The van der Waals surface area contributed by atoms with Crippen LogP contribution in [-0.4, -0.2) is 265 Å². The molecule has 538 valence electrons. The molecule has 0 aliphatic heterocycles. The van der Waals surface area contributed by atoms with E-state index in [4.69, 9.17) is 128 Å². The Morgan fingerprint density at radius 2 is 0.831 bits per heavy atom. The smallest absolute Gasteiger partial charge is 0.325 e. The highest BCUT2D eigenvalue weighted by Crippen LogP contribution is 2.04. The van der Waals surface area contributed by atoms with E-state index in [1.54, 1.807) is 19.4 Å². The van der Waals surface area contributed by atoms with Gasteiger partial charge in [0.25, 0.3) is 0 Å². The minimum Gasteiger partial charge on any atom is -0.834 e. The van der Waals surface area contributed by atoms with Crippen LogP contribution in [0.15, 0.2) is 30.3 Å². The fourth-order valence-electron chi connectivity index (χ4n) is 1.49. The molecule has 58 heteroatoms. The molecule has 0 aliphatic rings. The van der Waals surface area contributed by atoms with Crippen molar-refractivity contribution in [1.29, 1.82) is 0 Å². The van der Waals surface area contributed by atoms with Crippen molar-refractivity contribution in [3.8, 4) is 0 Å². The number of aliphatic carboxylic acids is 1. The normalized spacial score (nSPS) is 8.33. The van der Waals surface area contributed by atoms with E-state index in [-0.39, 0.29) is 86.4 Å². The van der Waals surface area contributed by atoms with Crippen LogP contribution >= 0.6 is 35.7 Å². The van der Waals surface area contributed by atoms with Crippen LogP contribution in [0, 0.1) is 0 Å². The molecule has 51 nitrogen and oxygen atoms in total. The van der Waals surface area contributed by atoms with Crippen molar-refractivity contribution >= 4 is 89.2 Å². The summed E-state index contributed by atoms with van der Waals surface area (Å²) in [7, 11) is -16.8. The first kappa shape index (κ1) is 165. The molecule has 0 spiro atoms. The molecule has 0 aromatic heterocycles. The van der Waals surface area contributed by atoms with Gasteiger partial charge in [-0.25, -0.2) is 49.1 Å². The molecular formula is C25H84ClN2O49S6-7. The largest absolute Gasteiger partial charge is 0.834 e. The predicted molar refractivity (Wildman–Crippen MR) is 272 cm³/mol. The summed E-state index contributed by atoms with van der Waals surface area (Å²) >= 11 is 6.60. The number of alkyl halides is 1. The van der Waals surface area contributed by atoms with E-state index in [9.17, 15) is 9.59 Å². The van der Waals surface area contributed by atoms with Crippen LogP contribution in [0.2, 0.25) is 0 Å². The molecule has 1 aromatic carbocycles. The van der Waals surface area contributed by atoms with Crippen LogP contribution in [-0.2, 0) is 105 Å². The Morgan fingerprint density at radius 3 is 0.952 bits per heavy atom. The number of carbonyl (C=O) groups is 2. The summed E-state index contributed by atoms with van der Waals surface area (Å²) in [4.78, 5) is 30.1. The lowest BCUT2D eigenvalue weighted by molar-refractivity contribution is -0.437. The monoisotopic (exact) mass is 1420 g/mol. The number of carbonyl (C=O) groups excluding carboxylic acids is 1. The molecular weight excluding hydrogens is 1340 g/mol. The van der Waals surface area contributed by atoms with Gasteiger partial charge < -0.3 is 144 Å². The molecule has 83 heavy (non-hydrogen) atoms. The first-order valence-electron chi connectivity index (χ1n) is 15.2. The van der Waals surface area contributed by atoms with Crippen molar-refractivity contribution < 1.29 is 239 Å². The number of ether oxygens (including phenoxy) is 4. The average molecular weight is 1420 g/mol. The highest BCUT2D eigenvalue weighted by atomic mass is 35.5. The summed E-state index contributed by atoms with van der Waals surface area (Å²) in [6, 6.07) is 9.01. The van der Waals surface area contributed by atoms with Crippen LogP contribution in [0.4, 0.5) is 0 Å². The minimum atomic E-state index is -4.92. The second kappa shape index (κ2) is 134. The minimum absolute atomic E-state index is 0. The van der Waals surface area contributed by atoms with E-state index in [1.807, 2.05) is 30.3 Å². The van der Waals surface area contributed by atoms with Gasteiger partial charge in [-0.3, -0.25) is 27.8 Å². The first-order chi connectivity index (χ1) is 31.6. The number of hydrogen-bond donors (Lipinski definition) is 12. The van der Waals surface area contributed by atoms with Crippen LogP contribution in [0.25, 0.3) is 0 Å². The van der Waals surface area contributed by atoms with E-state index in [0.717, 1.165) is 29.6 Å². The topological polar surface area (TPSA) is 1040 Å². The standard InChI is InChI=1S/C12H17NO4.C2H3ClO2.3C2H5O3.CH5N.2CH4O3S.2CH4.4H2O4S.12H2O/c1-3-16-17-13-11(12(14)15-2)9-10-7-5-4-6-8-10;3-1-2(4)5;3*3-1-5-2-4;1-2;2*1-5-4-3-2;;;4*1-5(2,3)4;;;;;;;;;;;;/h4-8,11,13H,3,9H2,1-2H3;1H2,(H,4,5);3*3H,1-2H2;2H2,1H3;2*2H,1H3;2*1H4;4*(H2,1,2,3,4);12*1H2/q;;3*-1;;;;;;;;;;;;;;;;;;;;;/p-4. The fraction of sp³-hybridized carbons (Fsp3) is 0.680. The molecule has 0 radical (unpaired) electrons. The van der Waals surface area contributed by atoms with Gasteiger partial charge in [0.2, 0.25) is 41.6 Å². The van der Waals surface area contributed by atoms with Gasteiger partial charge in [-0.15, -0.1) is 25.3 Å². The third-order valence-electron chi connectivity index (χ3n) is 2.97. The lowest BCUT2D eigenvalue weighted by atomic mass is 10.1. The third kappa shape index (κ3) is 453. The molecule has 0 heterocycles. The molecule has 1 aromatic rings. The van der Waals surface area contributed by atoms with Gasteiger partial charge in [-0.1, -0.05) is 55.3 Å². The van der Waals surface area contributed by atoms with Gasteiger partial charge in [0.1, 0.15) is 32.3 Å². The molecule has 0 saturated heterocycles. The van der Waals surface area contributed by atoms with Gasteiger partial charge >= 0.3 is 11.9 Å². The molecule has 37 N–H and O–H groups in total. The van der Waals surface area contributed by atoms with E-state index in [1.165, 1.54) is 14.2 Å². The van der Waals surface area contributed by atoms with Gasteiger partial charge in [0, 0.05) is 43.0 Å². The van der Waals surface area contributed by atoms with Crippen LogP contribution in [0.1, 0.15) is 27.3 Å². The number of hydrogen-bond acceptors (Lipinski definition) is 36. The van der Waals surface area contributed by atoms with Crippen molar-refractivity contribution in [2.24, 2.45) is 5.73 Å². The van der Waals surface area contributed by atoms with Crippen molar-refractivity contribution in [1.82, 2.24) is 5.48 Å². The SMILES string of the molecule is C.C.CCOONC(Cc1ccccc1)C(=O)OC.CN.CSOOO.CSOOO.O.O.O.O.O.O.O.O.O.O.O.O.O=C(O)CCl.O=S(=O)([O-])O.O=S(=O)([O-])O.O=S(=O)([O-])O.O=S(=O)([O-])O.[O-]COCO.[O-]COCO.[O-]COCO. The molecule has 0 fully saturated rings. The van der Waals surface area contributed by atoms with Crippen LogP contribution in [0.3, 0.4) is 0 Å². The van der Waals surface area contributed by atoms with E-state index < -0.39 is 100 Å². The third-order valence-corrected chi connectivity index (χ3v) is 3.59. The second-order valence-electron chi connectivity index (χ2n) is 7.58. The first-order valence-corrected chi connectivity index (χ1v) is 23.5. The lowest BCUT2D eigenvalue weighted by Gasteiger charge is -2.14. The summed E-state index contributed by atoms with van der Waals surface area (Å²) in [5.74, 6) is -1.68. The fourth-order valence-corrected chi connectivity index (χ4v) is 1.61. The van der Waals surface area contributed by atoms with Gasteiger partial charge in [-0.2, -0.15) is 5.48 Å². The van der Waals surface area contributed by atoms with Crippen LogP contribution < -0.4 is 26.5 Å². The Bertz CT molecular complexity index is 1370. The number of aliphatic hydroxyl groups excluding tert-OH is 3. The number of nitrogens with one attached hydrogen (secondary N) is 1. The van der Waals surface area contributed by atoms with Gasteiger partial charge in [0.05, 0.1) is 13.7 Å². The van der Waals surface area contributed by atoms with Gasteiger partial charge in [0.15, 0.2) is 0 Å². The number of carboxylic acids is 1. The highest BCUT2D eigenvalue weighted by molar-refractivity contribution is 7.94. The van der Waals surface area contributed by atoms with Crippen molar-refractivity contribution in [3.05, 3.63) is 35.9 Å². The number of halogens is 1. The number of nitrogens with two attached hydrogens (primary N) is 1. The van der Waals surface area contributed by atoms with Gasteiger partial charge in [-0.05, 0) is 39.9 Å². The summed E-state index contributed by atoms with van der Waals surface area (Å²) < 4.78 is 155. The maximum Gasteiger partial charge on any atom is 0.325 e. The Morgan fingerprint density at radius 1 is 0.602 bits per heavy atom. The molecule has 1 atom stereocenters. The molecule has 0 saturated carbocycles. The molecule has 0 amide bonds. The summed E-state index contributed by atoms with van der Waals surface area (Å²) in [5.41, 5.74) is 8.03. The zero-order valence-electron chi connectivity index (χ0n) is 41.7. The second-order valence-corrected chi connectivity index (χ2v) is 12.2. The number of esters is 1. The van der Waals surface area contributed by atoms with Crippen molar-refractivity contribution in [2.45, 2.75) is 34.2 Å². The van der Waals surface area contributed by atoms with E-state index in [2.05, 4.69) is 58.8 Å². The molecule has 0 aliphatic carbocycles. The van der Waals surface area contributed by atoms with E-state index in [0.29, 0.717) is 13.0 Å². The number of aliphatic hydroxyl groups is 3. The zero-order valence-corrected chi connectivity index (χ0v) is 47.4. The predicted octanol–water partition coefficient (Wildman–Crippen LogP) is -15.3. The highest BCUT2D eigenvalue weighted by Gasteiger charge is 2.20. The molecule has 1 unspecified atom stereocenters. The number of benzene rings is 1. The molecule has 0 bridgehead atoms. The lowest BCUT2D eigenvalue weighted by Crippen LogP contribution is -2.39. The Hall–Kier alpha value is -2.61. The Balaban J connectivity index is -0.0000000197. The zero-order chi connectivity index (χ0) is 57.4. The maximum atomic E-state index is 11.5. The summed E-state index contributed by atoms with van der Waals surface area (Å²) in [6.45, 7) is -1.20.